The lowest BCUT2D eigenvalue weighted by molar-refractivity contribution is -0.116. The fourth-order valence-electron chi connectivity index (χ4n) is 2.15. The highest BCUT2D eigenvalue weighted by molar-refractivity contribution is 5.90. The number of carbonyl (C=O) groups is 1. The number of nitrogens with zero attached hydrogens (tertiary/aromatic N) is 4. The van der Waals surface area contributed by atoms with Crippen LogP contribution in [0.4, 0.5) is 18.9 Å². The van der Waals surface area contributed by atoms with Crippen molar-refractivity contribution in [3.63, 3.8) is 0 Å². The Morgan fingerprint density at radius 1 is 1.25 bits per heavy atom. The molecule has 0 atom stereocenters. The van der Waals surface area contributed by atoms with Gasteiger partial charge >= 0.3 is 0 Å². The van der Waals surface area contributed by atoms with Crippen molar-refractivity contribution >= 4 is 22.6 Å². The smallest absolute Gasteiger partial charge is 0.264 e. The molecule has 0 saturated carbocycles. The second-order valence-electron chi connectivity index (χ2n) is 4.95. The summed E-state index contributed by atoms with van der Waals surface area (Å²) in [7, 11) is 1.61. The number of nitrogens with one attached hydrogen (secondary N) is 1. The molecule has 0 bridgehead atoms. The van der Waals surface area contributed by atoms with Crippen LogP contribution in [0.15, 0.2) is 29.5 Å². The van der Waals surface area contributed by atoms with Gasteiger partial charge < -0.3 is 5.32 Å². The Bertz CT molecular complexity index is 1010. The lowest BCUT2D eigenvalue weighted by Gasteiger charge is -2.08. The number of aromatic nitrogens is 4. The molecule has 7 nitrogen and oxygen atoms in total. The van der Waals surface area contributed by atoms with E-state index in [4.69, 9.17) is 0 Å². The molecule has 3 rings (SSSR count). The van der Waals surface area contributed by atoms with E-state index < -0.39 is 41.2 Å². The molecule has 0 aliphatic carbocycles. The minimum atomic E-state index is -1.69. The minimum Gasteiger partial charge on any atom is -0.322 e. The number of anilines is 1. The molecule has 1 aromatic carbocycles. The van der Waals surface area contributed by atoms with Gasteiger partial charge in [-0.1, -0.05) is 0 Å². The quantitative estimate of drug-likeness (QED) is 0.728. The summed E-state index contributed by atoms with van der Waals surface area (Å²) in [6.07, 6.45) is 2.46. The molecule has 24 heavy (non-hydrogen) atoms. The molecule has 1 N–H and O–H groups in total. The molecule has 0 radical (unpaired) electrons. The molecule has 0 saturated heterocycles. The van der Waals surface area contributed by atoms with Crippen molar-refractivity contribution in [3.8, 4) is 0 Å². The molecule has 1 amide bonds. The number of halogens is 3. The highest BCUT2D eigenvalue weighted by Gasteiger charge is 2.16. The maximum Gasteiger partial charge on any atom is 0.264 e. The normalized spacial score (nSPS) is 11.0. The van der Waals surface area contributed by atoms with Crippen LogP contribution < -0.4 is 10.9 Å². The van der Waals surface area contributed by atoms with Crippen LogP contribution in [0.5, 0.6) is 0 Å². The zero-order valence-corrected chi connectivity index (χ0v) is 12.3. The van der Waals surface area contributed by atoms with Crippen LogP contribution in [0.3, 0.4) is 0 Å². The van der Waals surface area contributed by atoms with Gasteiger partial charge in [0.05, 0.1) is 11.9 Å². The Morgan fingerprint density at radius 2 is 2.00 bits per heavy atom. The Kier molecular flexibility index (Phi) is 3.80. The molecule has 2 aromatic heterocycles. The lowest BCUT2D eigenvalue weighted by atomic mass is 10.2. The fourth-order valence-corrected chi connectivity index (χ4v) is 2.15. The molecule has 3 aromatic rings. The molecule has 0 unspecified atom stereocenters. The maximum atomic E-state index is 13.5. The van der Waals surface area contributed by atoms with Crippen LogP contribution in [0, 0.1) is 17.5 Å². The first-order valence-electron chi connectivity index (χ1n) is 6.69. The standard InChI is InChI=1S/C14H10F3N5O2/c1-21-13-7(4-19-21)14(24)22(6-18-13)5-10(23)20-9-3-2-8(15)11(16)12(9)17/h2-4,6H,5H2,1H3,(H,20,23). The molecule has 0 fully saturated rings. The minimum absolute atomic E-state index is 0.215. The van der Waals surface area contributed by atoms with Crippen molar-refractivity contribution in [1.29, 1.82) is 0 Å². The summed E-state index contributed by atoms with van der Waals surface area (Å²) in [5, 5.41) is 6.18. The SMILES string of the molecule is Cn1ncc2c(=O)n(CC(=O)Nc3ccc(F)c(F)c3F)cnc21. The van der Waals surface area contributed by atoms with Gasteiger partial charge in [-0.3, -0.25) is 18.8 Å². The van der Waals surface area contributed by atoms with Crippen molar-refractivity contribution in [2.75, 3.05) is 5.32 Å². The van der Waals surface area contributed by atoms with Gasteiger partial charge in [0, 0.05) is 7.05 Å². The summed E-state index contributed by atoms with van der Waals surface area (Å²) >= 11 is 0. The number of benzene rings is 1. The van der Waals surface area contributed by atoms with Gasteiger partial charge in [0.25, 0.3) is 5.56 Å². The van der Waals surface area contributed by atoms with Gasteiger partial charge in [-0.2, -0.15) is 5.10 Å². The summed E-state index contributed by atoms with van der Waals surface area (Å²) in [5.41, 5.74) is -0.681. The third kappa shape index (κ3) is 2.62. The van der Waals surface area contributed by atoms with Crippen LogP contribution >= 0.6 is 0 Å². The number of rotatable bonds is 3. The number of carbonyl (C=O) groups excluding carboxylic acids is 1. The van der Waals surface area contributed by atoms with Crippen molar-refractivity contribution in [2.45, 2.75) is 6.54 Å². The predicted octanol–water partition coefficient (Wildman–Crippen LogP) is 1.19. The lowest BCUT2D eigenvalue weighted by Crippen LogP contribution is -2.28. The Hall–Kier alpha value is -3.17. The van der Waals surface area contributed by atoms with Gasteiger partial charge in [0.1, 0.15) is 18.3 Å². The van der Waals surface area contributed by atoms with E-state index >= 15 is 0 Å². The average Bonchev–Trinajstić information content (AvgIpc) is 2.93. The Labute approximate surface area is 132 Å². The number of hydrogen-bond donors (Lipinski definition) is 1. The monoisotopic (exact) mass is 337 g/mol. The van der Waals surface area contributed by atoms with E-state index in [0.717, 1.165) is 17.0 Å². The van der Waals surface area contributed by atoms with Crippen LogP contribution in [0.1, 0.15) is 0 Å². The molecular formula is C14H10F3N5O2. The summed E-state index contributed by atoms with van der Waals surface area (Å²) in [4.78, 5) is 28.1. The van der Waals surface area contributed by atoms with Crippen molar-refractivity contribution in [1.82, 2.24) is 19.3 Å². The van der Waals surface area contributed by atoms with E-state index in [0.29, 0.717) is 11.7 Å². The van der Waals surface area contributed by atoms with E-state index in [2.05, 4.69) is 15.4 Å². The second-order valence-corrected chi connectivity index (χ2v) is 4.95. The van der Waals surface area contributed by atoms with Crippen LogP contribution in [0.25, 0.3) is 11.0 Å². The van der Waals surface area contributed by atoms with Crippen LogP contribution in [-0.4, -0.2) is 25.2 Å². The molecule has 124 valence electrons. The fraction of sp³-hybridized carbons (Fsp3) is 0.143. The van der Waals surface area contributed by atoms with Gasteiger partial charge in [-0.15, -0.1) is 0 Å². The summed E-state index contributed by atoms with van der Waals surface area (Å²) in [5.74, 6) is -5.38. The van der Waals surface area contributed by atoms with Crippen molar-refractivity contribution in [2.24, 2.45) is 7.05 Å². The Balaban J connectivity index is 1.84. The zero-order valence-electron chi connectivity index (χ0n) is 12.3. The largest absolute Gasteiger partial charge is 0.322 e. The van der Waals surface area contributed by atoms with Crippen LogP contribution in [0.2, 0.25) is 0 Å². The zero-order chi connectivity index (χ0) is 17.4. The topological polar surface area (TPSA) is 81.8 Å². The van der Waals surface area contributed by atoms with Gasteiger partial charge in [0.15, 0.2) is 23.1 Å². The molecule has 10 heteroatoms. The highest BCUT2D eigenvalue weighted by Crippen LogP contribution is 2.19. The van der Waals surface area contributed by atoms with Crippen molar-refractivity contribution < 1.29 is 18.0 Å². The summed E-state index contributed by atoms with van der Waals surface area (Å²) in [6.45, 7) is -0.477. The van der Waals surface area contributed by atoms with E-state index in [9.17, 15) is 22.8 Å². The molecule has 0 spiro atoms. The van der Waals surface area contributed by atoms with Gasteiger partial charge in [-0.05, 0) is 12.1 Å². The van der Waals surface area contributed by atoms with E-state index in [1.165, 1.54) is 10.9 Å². The first kappa shape index (κ1) is 15.7. The first-order valence-corrected chi connectivity index (χ1v) is 6.69. The molecular weight excluding hydrogens is 327 g/mol. The molecule has 2 heterocycles. The number of aryl methyl sites for hydroxylation is 1. The second kappa shape index (κ2) is 5.80. The van der Waals surface area contributed by atoms with Crippen LogP contribution in [-0.2, 0) is 18.4 Å². The summed E-state index contributed by atoms with van der Waals surface area (Å²) in [6, 6.07) is 1.57. The Morgan fingerprint density at radius 3 is 2.75 bits per heavy atom. The van der Waals surface area contributed by atoms with E-state index in [1.807, 2.05) is 0 Å². The van der Waals surface area contributed by atoms with Gasteiger partial charge in [0.2, 0.25) is 5.91 Å². The maximum absolute atomic E-state index is 13.5. The molecule has 0 aliphatic rings. The average molecular weight is 337 g/mol. The van der Waals surface area contributed by atoms with E-state index in [-0.39, 0.29) is 5.39 Å². The number of amides is 1. The summed E-state index contributed by atoms with van der Waals surface area (Å²) < 4.78 is 41.9. The third-order valence-corrected chi connectivity index (χ3v) is 3.34. The molecule has 0 aliphatic heterocycles. The van der Waals surface area contributed by atoms with Crippen molar-refractivity contribution in [3.05, 3.63) is 52.5 Å². The highest BCUT2D eigenvalue weighted by atomic mass is 19.2. The number of fused-ring (bicyclic) bond motifs is 1. The number of hydrogen-bond acceptors (Lipinski definition) is 4. The third-order valence-electron chi connectivity index (χ3n) is 3.34. The predicted molar refractivity (Wildman–Crippen MR) is 77.7 cm³/mol. The van der Waals surface area contributed by atoms with Gasteiger partial charge in [-0.25, -0.2) is 18.2 Å². The first-order chi connectivity index (χ1) is 11.4. The van der Waals surface area contributed by atoms with E-state index in [1.54, 1.807) is 7.05 Å².